The highest BCUT2D eigenvalue weighted by atomic mass is 32.2. The van der Waals surface area contributed by atoms with E-state index in [4.69, 9.17) is 4.74 Å². The Balaban J connectivity index is 2.08. The summed E-state index contributed by atoms with van der Waals surface area (Å²) in [5.41, 5.74) is 1.32. The fourth-order valence-corrected chi connectivity index (χ4v) is 3.39. The molecule has 0 saturated heterocycles. The van der Waals surface area contributed by atoms with Crippen molar-refractivity contribution < 1.29 is 14.6 Å². The summed E-state index contributed by atoms with van der Waals surface area (Å²) in [6.45, 7) is 6.20. The van der Waals surface area contributed by atoms with Crippen LogP contribution in [0.4, 0.5) is 0 Å². The lowest BCUT2D eigenvalue weighted by Crippen LogP contribution is -2.13. The molecule has 0 aliphatic carbocycles. The van der Waals surface area contributed by atoms with Crippen LogP contribution in [0, 0.1) is 0 Å². The van der Waals surface area contributed by atoms with Crippen LogP contribution in [0.15, 0.2) is 52.3 Å². The van der Waals surface area contributed by atoms with Gasteiger partial charge in [0.1, 0.15) is 5.75 Å². The quantitative estimate of drug-likeness (QED) is 0.670. The second-order valence-corrected chi connectivity index (χ2v) is 7.52. The number of hydrogen-bond acceptors (Lipinski definition) is 4. The molecule has 1 aliphatic rings. The number of hydrogen-bond donors (Lipinski definition) is 1. The molecule has 0 saturated carbocycles. The molecular weight excluding hydrogens is 296 g/mol. The Labute approximate surface area is 134 Å². The van der Waals surface area contributed by atoms with Gasteiger partial charge in [0, 0.05) is 20.9 Å². The second kappa shape index (κ2) is 5.45. The zero-order chi connectivity index (χ0) is 15.9. The van der Waals surface area contributed by atoms with Gasteiger partial charge in [-0.05, 0) is 29.7 Å². The minimum Gasteiger partial charge on any atom is -0.424 e. The van der Waals surface area contributed by atoms with E-state index in [-0.39, 0.29) is 5.41 Å². The van der Waals surface area contributed by atoms with Crippen molar-refractivity contribution >= 4 is 17.7 Å². The standard InChI is InChI=1S/C18H18O3S/c1-18(2,3)14-10-12(22-11-7-5-4-6-8-11)9-13-15(19)17(20)21-16(13)14/h4-10,15,19H,1-3H3. The van der Waals surface area contributed by atoms with E-state index >= 15 is 0 Å². The maximum Gasteiger partial charge on any atom is 0.345 e. The van der Waals surface area contributed by atoms with Gasteiger partial charge in [0.25, 0.3) is 0 Å². The Hall–Kier alpha value is -1.78. The Bertz CT molecular complexity index is 717. The molecule has 1 unspecified atom stereocenters. The third-order valence-electron chi connectivity index (χ3n) is 3.60. The van der Waals surface area contributed by atoms with Crippen molar-refractivity contribution in [2.45, 2.75) is 42.1 Å². The monoisotopic (exact) mass is 314 g/mol. The molecule has 1 atom stereocenters. The van der Waals surface area contributed by atoms with Crippen LogP contribution in [0.3, 0.4) is 0 Å². The van der Waals surface area contributed by atoms with E-state index in [0.29, 0.717) is 11.3 Å². The lowest BCUT2D eigenvalue weighted by atomic mass is 9.85. The van der Waals surface area contributed by atoms with Gasteiger partial charge in [0.05, 0.1) is 0 Å². The molecule has 22 heavy (non-hydrogen) atoms. The molecular formula is C18H18O3S. The average molecular weight is 314 g/mol. The first-order valence-corrected chi connectivity index (χ1v) is 7.99. The average Bonchev–Trinajstić information content (AvgIpc) is 2.74. The number of aliphatic hydroxyl groups is 1. The van der Waals surface area contributed by atoms with E-state index in [2.05, 4.69) is 20.8 Å². The van der Waals surface area contributed by atoms with Crippen molar-refractivity contribution in [3.63, 3.8) is 0 Å². The molecule has 3 nitrogen and oxygen atoms in total. The molecule has 0 amide bonds. The van der Waals surface area contributed by atoms with E-state index in [1.165, 1.54) is 0 Å². The van der Waals surface area contributed by atoms with Gasteiger partial charge in [-0.15, -0.1) is 0 Å². The lowest BCUT2D eigenvalue weighted by molar-refractivity contribution is -0.141. The third-order valence-corrected chi connectivity index (χ3v) is 4.58. The summed E-state index contributed by atoms with van der Waals surface area (Å²) in [5.74, 6) is -0.0789. The molecule has 1 heterocycles. The highest BCUT2D eigenvalue weighted by Gasteiger charge is 2.36. The molecule has 3 rings (SSSR count). The minimum atomic E-state index is -1.19. The maximum absolute atomic E-state index is 11.7. The number of esters is 1. The smallest absolute Gasteiger partial charge is 0.345 e. The summed E-state index contributed by atoms with van der Waals surface area (Å²) < 4.78 is 5.28. The molecule has 114 valence electrons. The van der Waals surface area contributed by atoms with Gasteiger partial charge in [0.2, 0.25) is 0 Å². The molecule has 0 aromatic heterocycles. The largest absolute Gasteiger partial charge is 0.424 e. The number of rotatable bonds is 2. The van der Waals surface area contributed by atoms with Crippen molar-refractivity contribution in [2.24, 2.45) is 0 Å². The molecule has 4 heteroatoms. The zero-order valence-electron chi connectivity index (χ0n) is 12.8. The van der Waals surface area contributed by atoms with Gasteiger partial charge in [-0.2, -0.15) is 0 Å². The summed E-state index contributed by atoms with van der Waals surface area (Å²) in [7, 11) is 0. The van der Waals surface area contributed by atoms with Crippen LogP contribution >= 0.6 is 11.8 Å². The fraction of sp³-hybridized carbons (Fsp3) is 0.278. The Kier molecular flexibility index (Phi) is 3.75. The number of carbonyl (C=O) groups is 1. The van der Waals surface area contributed by atoms with Gasteiger partial charge in [0.15, 0.2) is 6.10 Å². The van der Waals surface area contributed by atoms with Gasteiger partial charge >= 0.3 is 5.97 Å². The molecule has 0 spiro atoms. The maximum atomic E-state index is 11.7. The van der Waals surface area contributed by atoms with E-state index < -0.39 is 12.1 Å². The van der Waals surface area contributed by atoms with Crippen LogP contribution in [0.25, 0.3) is 0 Å². The first-order valence-electron chi connectivity index (χ1n) is 7.17. The summed E-state index contributed by atoms with van der Waals surface area (Å²) in [4.78, 5) is 13.8. The van der Waals surface area contributed by atoms with Gasteiger partial charge in [-0.1, -0.05) is 50.7 Å². The molecule has 1 N–H and O–H groups in total. The van der Waals surface area contributed by atoms with Crippen LogP contribution < -0.4 is 4.74 Å². The topological polar surface area (TPSA) is 46.5 Å². The van der Waals surface area contributed by atoms with E-state index in [9.17, 15) is 9.90 Å². The second-order valence-electron chi connectivity index (χ2n) is 6.38. The minimum absolute atomic E-state index is 0.179. The predicted molar refractivity (Wildman–Crippen MR) is 86.3 cm³/mol. The van der Waals surface area contributed by atoms with Crippen molar-refractivity contribution in [1.82, 2.24) is 0 Å². The highest BCUT2D eigenvalue weighted by molar-refractivity contribution is 7.99. The molecule has 1 aliphatic heterocycles. The Morgan fingerprint density at radius 1 is 1.09 bits per heavy atom. The first-order chi connectivity index (χ1) is 10.4. The summed E-state index contributed by atoms with van der Waals surface area (Å²) >= 11 is 1.61. The van der Waals surface area contributed by atoms with E-state index in [1.807, 2.05) is 42.5 Å². The molecule has 2 aromatic rings. The van der Waals surface area contributed by atoms with Crippen LogP contribution in [0.5, 0.6) is 5.75 Å². The van der Waals surface area contributed by atoms with Gasteiger partial charge in [-0.3, -0.25) is 0 Å². The molecule has 0 bridgehead atoms. The van der Waals surface area contributed by atoms with Crippen molar-refractivity contribution in [2.75, 3.05) is 0 Å². The summed E-state index contributed by atoms with van der Waals surface area (Å²) in [6, 6.07) is 13.9. The van der Waals surface area contributed by atoms with Crippen LogP contribution in [-0.2, 0) is 10.2 Å². The van der Waals surface area contributed by atoms with Crippen LogP contribution in [0.2, 0.25) is 0 Å². The normalized spacial score (nSPS) is 17.3. The van der Waals surface area contributed by atoms with Gasteiger partial charge in [-0.25, -0.2) is 4.79 Å². The first kappa shape index (κ1) is 15.1. The molecule has 0 radical (unpaired) electrons. The van der Waals surface area contributed by atoms with Crippen molar-refractivity contribution in [3.05, 3.63) is 53.6 Å². The number of aliphatic hydroxyl groups excluding tert-OH is 1. The number of carbonyl (C=O) groups excluding carboxylic acids is 1. The van der Waals surface area contributed by atoms with Crippen molar-refractivity contribution in [1.29, 1.82) is 0 Å². The zero-order valence-corrected chi connectivity index (χ0v) is 13.6. The number of ether oxygens (including phenoxy) is 1. The Morgan fingerprint density at radius 2 is 1.77 bits per heavy atom. The van der Waals surface area contributed by atoms with E-state index in [1.54, 1.807) is 11.8 Å². The fourth-order valence-electron chi connectivity index (χ4n) is 2.46. The predicted octanol–water partition coefficient (Wildman–Crippen LogP) is 4.09. The number of benzene rings is 2. The van der Waals surface area contributed by atoms with Gasteiger partial charge < -0.3 is 9.84 Å². The molecule has 0 fully saturated rings. The Morgan fingerprint density at radius 3 is 2.41 bits per heavy atom. The van der Waals surface area contributed by atoms with Crippen molar-refractivity contribution in [3.8, 4) is 5.75 Å². The number of fused-ring (bicyclic) bond motifs is 1. The van der Waals surface area contributed by atoms with Crippen LogP contribution in [-0.4, -0.2) is 11.1 Å². The lowest BCUT2D eigenvalue weighted by Gasteiger charge is -2.22. The molecule has 2 aromatic carbocycles. The highest BCUT2D eigenvalue weighted by Crippen LogP contribution is 2.45. The summed E-state index contributed by atoms with van der Waals surface area (Å²) in [6.07, 6.45) is -1.19. The SMILES string of the molecule is CC(C)(C)c1cc(Sc2ccccc2)cc2c1OC(=O)C2O. The third kappa shape index (κ3) is 2.76. The van der Waals surface area contributed by atoms with E-state index in [0.717, 1.165) is 15.4 Å². The van der Waals surface area contributed by atoms with Crippen LogP contribution in [0.1, 0.15) is 38.0 Å². The summed E-state index contributed by atoms with van der Waals surface area (Å²) in [5, 5.41) is 10.0.